The van der Waals surface area contributed by atoms with Gasteiger partial charge in [0.15, 0.2) is 17.1 Å². The summed E-state index contributed by atoms with van der Waals surface area (Å²) < 4.78 is 29.5. The molecule has 0 unspecified atom stereocenters. The zero-order chi connectivity index (χ0) is 23.9. The molecule has 4 aromatic rings. The van der Waals surface area contributed by atoms with Crippen LogP contribution in [0.2, 0.25) is 0 Å². The maximum absolute atomic E-state index is 13.3. The molecule has 4 rings (SSSR count). The summed E-state index contributed by atoms with van der Waals surface area (Å²) in [5.74, 6) is -1.09. The molecule has 34 heavy (non-hydrogen) atoms. The fraction of sp³-hybridized carbons (Fsp3) is 0.0833. The molecule has 8 nitrogen and oxygen atoms in total. The van der Waals surface area contributed by atoms with Gasteiger partial charge in [-0.3, -0.25) is 4.79 Å². The largest absolute Gasteiger partial charge is 0.493 e. The molecule has 1 heterocycles. The number of amides is 1. The maximum Gasteiger partial charge on any atom is 0.343 e. The van der Waals surface area contributed by atoms with Crippen molar-refractivity contribution in [3.05, 3.63) is 83.7 Å². The van der Waals surface area contributed by atoms with Crippen LogP contribution in [0.1, 0.15) is 15.9 Å². The number of methoxy groups -OCH3 is 1. The first-order chi connectivity index (χ1) is 16.5. The number of nitrogens with zero attached hydrogens (tertiary/aromatic N) is 2. The smallest absolute Gasteiger partial charge is 0.343 e. The van der Waals surface area contributed by atoms with Crippen LogP contribution in [-0.4, -0.2) is 35.9 Å². The lowest BCUT2D eigenvalue weighted by Gasteiger charge is -2.10. The van der Waals surface area contributed by atoms with Gasteiger partial charge in [0.2, 0.25) is 0 Å². The number of fused-ring (bicyclic) bond motifs is 1. The van der Waals surface area contributed by atoms with Gasteiger partial charge in [0, 0.05) is 0 Å². The molecule has 0 bridgehead atoms. The summed E-state index contributed by atoms with van der Waals surface area (Å²) in [6.07, 6.45) is 1.42. The first kappa shape index (κ1) is 23.0. The second kappa shape index (κ2) is 10.6. The van der Waals surface area contributed by atoms with Crippen LogP contribution >= 0.6 is 11.8 Å². The molecule has 1 N–H and O–H groups in total. The number of esters is 1. The predicted octanol–water partition coefficient (Wildman–Crippen LogP) is 4.44. The van der Waals surface area contributed by atoms with Crippen LogP contribution in [0.5, 0.6) is 11.5 Å². The Labute approximate surface area is 197 Å². The van der Waals surface area contributed by atoms with Gasteiger partial charge in [0.05, 0.1) is 24.6 Å². The molecule has 172 valence electrons. The minimum absolute atomic E-state index is 0.0719. The van der Waals surface area contributed by atoms with E-state index in [1.165, 1.54) is 37.6 Å². The lowest BCUT2D eigenvalue weighted by Crippen LogP contribution is -2.19. The average Bonchev–Trinajstić information content (AvgIpc) is 3.26. The van der Waals surface area contributed by atoms with Crippen LogP contribution in [0, 0.1) is 5.82 Å². The predicted molar refractivity (Wildman–Crippen MR) is 125 cm³/mol. The Bertz CT molecular complexity index is 1340. The summed E-state index contributed by atoms with van der Waals surface area (Å²) >= 11 is 1.16. The Morgan fingerprint density at radius 2 is 1.97 bits per heavy atom. The highest BCUT2D eigenvalue weighted by atomic mass is 32.2. The first-order valence-electron chi connectivity index (χ1n) is 9.98. The summed E-state index contributed by atoms with van der Waals surface area (Å²) in [6.45, 7) is 0. The molecule has 0 aliphatic carbocycles. The van der Waals surface area contributed by atoms with E-state index in [2.05, 4.69) is 15.5 Å². The van der Waals surface area contributed by atoms with Crippen molar-refractivity contribution in [1.29, 1.82) is 0 Å². The number of ether oxygens (including phenoxy) is 2. The van der Waals surface area contributed by atoms with E-state index in [0.29, 0.717) is 16.4 Å². The zero-order valence-corrected chi connectivity index (χ0v) is 18.7. The Balaban J connectivity index is 1.32. The minimum atomic E-state index is -0.720. The van der Waals surface area contributed by atoms with E-state index < -0.39 is 11.8 Å². The number of nitrogens with one attached hydrogen (secondary N) is 1. The molecule has 0 radical (unpaired) electrons. The van der Waals surface area contributed by atoms with Gasteiger partial charge in [-0.2, -0.15) is 5.10 Å². The number of thioether (sulfide) groups is 1. The summed E-state index contributed by atoms with van der Waals surface area (Å²) in [7, 11) is 1.42. The average molecular weight is 479 g/mol. The zero-order valence-electron chi connectivity index (χ0n) is 17.9. The van der Waals surface area contributed by atoms with Gasteiger partial charge in [-0.1, -0.05) is 30.0 Å². The Morgan fingerprint density at radius 3 is 2.76 bits per heavy atom. The van der Waals surface area contributed by atoms with Crippen LogP contribution in [0.25, 0.3) is 11.1 Å². The number of aromatic nitrogens is 1. The highest BCUT2D eigenvalue weighted by Gasteiger charge is 2.13. The lowest BCUT2D eigenvalue weighted by atomic mass is 10.2. The Morgan fingerprint density at radius 1 is 1.12 bits per heavy atom. The highest BCUT2D eigenvalue weighted by molar-refractivity contribution is 7.99. The summed E-state index contributed by atoms with van der Waals surface area (Å²) in [5.41, 5.74) is 4.47. The highest BCUT2D eigenvalue weighted by Crippen LogP contribution is 2.28. The fourth-order valence-corrected chi connectivity index (χ4v) is 3.50. The fourth-order valence-electron chi connectivity index (χ4n) is 2.87. The molecule has 0 saturated carbocycles. The monoisotopic (exact) mass is 479 g/mol. The van der Waals surface area contributed by atoms with Crippen LogP contribution in [0.4, 0.5) is 4.39 Å². The number of hydrogen-bond acceptors (Lipinski definition) is 8. The van der Waals surface area contributed by atoms with Gasteiger partial charge in [0.1, 0.15) is 11.3 Å². The van der Waals surface area contributed by atoms with Crippen molar-refractivity contribution >= 4 is 41.0 Å². The molecule has 1 aromatic heterocycles. The molecular weight excluding hydrogens is 461 g/mol. The second-order valence-corrected chi connectivity index (χ2v) is 7.77. The minimum Gasteiger partial charge on any atom is -0.493 e. The van der Waals surface area contributed by atoms with Crippen molar-refractivity contribution in [1.82, 2.24) is 10.4 Å². The van der Waals surface area contributed by atoms with Crippen LogP contribution in [0.3, 0.4) is 0 Å². The molecule has 0 saturated heterocycles. The Hall–Kier alpha value is -4.18. The molecule has 0 fully saturated rings. The van der Waals surface area contributed by atoms with Gasteiger partial charge in [-0.15, -0.1) is 0 Å². The SMILES string of the molecule is COc1cc(/C=N/NC(=O)CSc2nc3ccccc3o2)ccc1OC(=O)c1cccc(F)c1. The van der Waals surface area contributed by atoms with Crippen LogP contribution in [0.15, 0.2) is 81.5 Å². The molecule has 1 amide bonds. The van der Waals surface area contributed by atoms with Gasteiger partial charge in [-0.05, 0) is 54.1 Å². The number of hydrazone groups is 1. The van der Waals surface area contributed by atoms with Crippen molar-refractivity contribution < 1.29 is 27.9 Å². The Kier molecular flexibility index (Phi) is 7.19. The molecular formula is C24H18FN3O5S. The van der Waals surface area contributed by atoms with E-state index in [0.717, 1.165) is 23.3 Å². The first-order valence-corrected chi connectivity index (χ1v) is 11.0. The van der Waals surface area contributed by atoms with Gasteiger partial charge >= 0.3 is 5.97 Å². The molecule has 0 aliphatic heterocycles. The molecule has 3 aromatic carbocycles. The molecule has 0 aliphatic rings. The van der Waals surface area contributed by atoms with Crippen molar-refractivity contribution in [3.8, 4) is 11.5 Å². The number of halogens is 1. The van der Waals surface area contributed by atoms with Crippen molar-refractivity contribution in [2.45, 2.75) is 5.22 Å². The molecule has 10 heteroatoms. The van der Waals surface area contributed by atoms with E-state index in [1.54, 1.807) is 18.2 Å². The normalized spacial score (nSPS) is 11.0. The van der Waals surface area contributed by atoms with Gasteiger partial charge in [-0.25, -0.2) is 19.6 Å². The molecule has 0 atom stereocenters. The van der Waals surface area contributed by atoms with Gasteiger partial charge < -0.3 is 13.9 Å². The third-order valence-corrected chi connectivity index (χ3v) is 5.28. The number of carbonyl (C=O) groups is 2. The summed E-state index contributed by atoms with van der Waals surface area (Å²) in [5, 5.41) is 4.32. The van der Waals surface area contributed by atoms with Gasteiger partial charge in [0.25, 0.3) is 11.1 Å². The van der Waals surface area contributed by atoms with Crippen LogP contribution in [-0.2, 0) is 4.79 Å². The second-order valence-electron chi connectivity index (χ2n) is 6.84. The quantitative estimate of drug-likeness (QED) is 0.131. The third kappa shape index (κ3) is 5.78. The van der Waals surface area contributed by atoms with E-state index >= 15 is 0 Å². The van der Waals surface area contributed by atoms with Crippen LogP contribution < -0.4 is 14.9 Å². The van der Waals surface area contributed by atoms with E-state index in [1.807, 2.05) is 18.2 Å². The van der Waals surface area contributed by atoms with Crippen molar-refractivity contribution in [2.24, 2.45) is 5.10 Å². The summed E-state index contributed by atoms with van der Waals surface area (Å²) in [4.78, 5) is 28.6. The summed E-state index contributed by atoms with van der Waals surface area (Å²) in [6, 6.07) is 17.2. The standard InChI is InChI=1S/C24H18FN3O5S/c1-31-21-11-15(9-10-20(21)32-23(30)16-5-4-6-17(25)12-16)13-26-28-22(29)14-34-24-27-18-7-2-3-8-19(18)33-24/h2-13H,14H2,1H3,(H,28,29)/b26-13+. The number of para-hydroxylation sites is 2. The lowest BCUT2D eigenvalue weighted by molar-refractivity contribution is -0.118. The number of rotatable bonds is 8. The third-order valence-electron chi connectivity index (χ3n) is 4.45. The molecule has 0 spiro atoms. The number of carbonyl (C=O) groups excluding carboxylic acids is 2. The van der Waals surface area contributed by atoms with Crippen molar-refractivity contribution in [2.75, 3.05) is 12.9 Å². The maximum atomic E-state index is 13.3. The van der Waals surface area contributed by atoms with E-state index in [-0.39, 0.29) is 28.7 Å². The van der Waals surface area contributed by atoms with Crippen molar-refractivity contribution in [3.63, 3.8) is 0 Å². The topological polar surface area (TPSA) is 103 Å². The number of oxazole rings is 1. The van der Waals surface area contributed by atoms with E-state index in [9.17, 15) is 14.0 Å². The number of hydrogen-bond donors (Lipinski definition) is 1. The van der Waals surface area contributed by atoms with E-state index in [4.69, 9.17) is 13.9 Å². The number of benzene rings is 3.